The number of morpholine rings is 1. The fourth-order valence-electron chi connectivity index (χ4n) is 3.70. The van der Waals surface area contributed by atoms with Crippen molar-refractivity contribution in [2.75, 3.05) is 40.0 Å². The first-order valence-corrected chi connectivity index (χ1v) is 10.7. The molecular formula is C25H28N2O5. The highest BCUT2D eigenvalue weighted by atomic mass is 16.5. The van der Waals surface area contributed by atoms with Crippen molar-refractivity contribution in [2.24, 2.45) is 0 Å². The molecule has 7 nitrogen and oxygen atoms in total. The molecule has 0 spiro atoms. The molecule has 1 amide bonds. The summed E-state index contributed by atoms with van der Waals surface area (Å²) in [5.41, 5.74) is 1.12. The minimum Gasteiger partial charge on any atom is -0.497 e. The number of para-hydroxylation sites is 1. The number of furan rings is 1. The SMILES string of the molecule is COc1ccc([C@@H](CNC(=O)c2ccc(COc3ccccc3)o2)N2CCOCC2)cc1. The molecule has 2 heterocycles. The predicted molar refractivity (Wildman–Crippen MR) is 120 cm³/mol. The van der Waals surface area contributed by atoms with Gasteiger partial charge >= 0.3 is 0 Å². The fraction of sp³-hybridized carbons (Fsp3) is 0.320. The molecule has 32 heavy (non-hydrogen) atoms. The number of nitrogens with zero attached hydrogens (tertiary/aromatic N) is 1. The number of hydrogen-bond donors (Lipinski definition) is 1. The van der Waals surface area contributed by atoms with Gasteiger partial charge in [-0.3, -0.25) is 9.69 Å². The second kappa shape index (κ2) is 10.8. The molecule has 0 aliphatic carbocycles. The van der Waals surface area contributed by atoms with Gasteiger partial charge in [0.1, 0.15) is 23.9 Å². The number of hydrogen-bond acceptors (Lipinski definition) is 6. The van der Waals surface area contributed by atoms with Crippen molar-refractivity contribution in [3.8, 4) is 11.5 Å². The van der Waals surface area contributed by atoms with Crippen molar-refractivity contribution < 1.29 is 23.4 Å². The van der Waals surface area contributed by atoms with Gasteiger partial charge in [-0.2, -0.15) is 0 Å². The highest BCUT2D eigenvalue weighted by Gasteiger charge is 2.24. The molecule has 2 aromatic carbocycles. The minimum absolute atomic E-state index is 0.0320. The number of ether oxygens (including phenoxy) is 3. The Balaban J connectivity index is 1.37. The third-order valence-corrected chi connectivity index (χ3v) is 5.45. The van der Waals surface area contributed by atoms with Crippen molar-refractivity contribution in [1.82, 2.24) is 10.2 Å². The van der Waals surface area contributed by atoms with Crippen molar-refractivity contribution >= 4 is 5.91 Å². The quantitative estimate of drug-likeness (QED) is 0.552. The van der Waals surface area contributed by atoms with Gasteiger partial charge in [0.25, 0.3) is 5.91 Å². The average molecular weight is 437 g/mol. The maximum Gasteiger partial charge on any atom is 0.287 e. The smallest absolute Gasteiger partial charge is 0.287 e. The van der Waals surface area contributed by atoms with Crippen LogP contribution in [0.25, 0.3) is 0 Å². The first-order valence-electron chi connectivity index (χ1n) is 10.7. The Morgan fingerprint density at radius 1 is 1.00 bits per heavy atom. The lowest BCUT2D eigenvalue weighted by molar-refractivity contribution is 0.0161. The third kappa shape index (κ3) is 5.69. The van der Waals surface area contributed by atoms with Crippen LogP contribution in [0.4, 0.5) is 0 Å². The molecule has 168 valence electrons. The molecule has 1 N–H and O–H groups in total. The Labute approximate surface area is 187 Å². The zero-order valence-electron chi connectivity index (χ0n) is 18.2. The number of rotatable bonds is 9. The molecule has 0 bridgehead atoms. The molecule has 1 aromatic heterocycles. The summed E-state index contributed by atoms with van der Waals surface area (Å²) in [6.07, 6.45) is 0. The topological polar surface area (TPSA) is 73.2 Å². The van der Waals surface area contributed by atoms with E-state index in [4.69, 9.17) is 18.6 Å². The Morgan fingerprint density at radius 3 is 2.47 bits per heavy atom. The highest BCUT2D eigenvalue weighted by Crippen LogP contribution is 2.24. The van der Waals surface area contributed by atoms with E-state index < -0.39 is 0 Å². The van der Waals surface area contributed by atoms with E-state index in [0.29, 0.717) is 25.5 Å². The molecule has 3 aromatic rings. The van der Waals surface area contributed by atoms with Crippen molar-refractivity contribution in [3.05, 3.63) is 83.8 Å². The molecular weight excluding hydrogens is 408 g/mol. The van der Waals surface area contributed by atoms with E-state index >= 15 is 0 Å². The lowest BCUT2D eigenvalue weighted by Crippen LogP contribution is -2.43. The molecule has 0 radical (unpaired) electrons. The summed E-state index contributed by atoms with van der Waals surface area (Å²) >= 11 is 0. The normalized spacial score (nSPS) is 15.2. The van der Waals surface area contributed by atoms with Crippen molar-refractivity contribution in [2.45, 2.75) is 12.6 Å². The van der Waals surface area contributed by atoms with Gasteiger partial charge in [0.15, 0.2) is 5.76 Å². The van der Waals surface area contributed by atoms with Crippen LogP contribution >= 0.6 is 0 Å². The van der Waals surface area contributed by atoms with Crippen LogP contribution in [0.15, 0.2) is 71.1 Å². The Kier molecular flexibility index (Phi) is 7.42. The largest absolute Gasteiger partial charge is 0.497 e. The number of carbonyl (C=O) groups is 1. The van der Waals surface area contributed by atoms with Crippen LogP contribution in [0.2, 0.25) is 0 Å². The molecule has 1 aliphatic heterocycles. The number of benzene rings is 2. The van der Waals surface area contributed by atoms with Crippen LogP contribution in [0.5, 0.6) is 11.5 Å². The van der Waals surface area contributed by atoms with Crippen LogP contribution in [-0.4, -0.2) is 50.8 Å². The summed E-state index contributed by atoms with van der Waals surface area (Å²) in [5, 5.41) is 3.02. The molecule has 4 rings (SSSR count). The van der Waals surface area contributed by atoms with Gasteiger partial charge in [0.2, 0.25) is 0 Å². The van der Waals surface area contributed by atoms with E-state index in [1.165, 1.54) is 0 Å². The summed E-state index contributed by atoms with van der Waals surface area (Å²) in [7, 11) is 1.65. The monoisotopic (exact) mass is 436 g/mol. The number of nitrogens with one attached hydrogen (secondary N) is 1. The highest BCUT2D eigenvalue weighted by molar-refractivity contribution is 5.91. The molecule has 0 saturated carbocycles. The molecule has 7 heteroatoms. The number of methoxy groups -OCH3 is 1. The Bertz CT molecular complexity index is 981. The van der Waals surface area contributed by atoms with Crippen molar-refractivity contribution in [1.29, 1.82) is 0 Å². The van der Waals surface area contributed by atoms with Gasteiger partial charge in [0, 0.05) is 19.6 Å². The third-order valence-electron chi connectivity index (χ3n) is 5.45. The summed E-state index contributed by atoms with van der Waals surface area (Å²) in [6, 6.07) is 20.9. The van der Waals surface area contributed by atoms with Crippen molar-refractivity contribution in [3.63, 3.8) is 0 Å². The zero-order valence-corrected chi connectivity index (χ0v) is 18.2. The first-order chi connectivity index (χ1) is 15.7. The van der Waals surface area contributed by atoms with Crippen LogP contribution in [-0.2, 0) is 11.3 Å². The lowest BCUT2D eigenvalue weighted by atomic mass is 10.0. The fourth-order valence-corrected chi connectivity index (χ4v) is 3.70. The number of carbonyl (C=O) groups excluding carboxylic acids is 1. The van der Waals surface area contributed by atoms with Crippen LogP contribution in [0.3, 0.4) is 0 Å². The van der Waals surface area contributed by atoms with E-state index in [1.54, 1.807) is 19.2 Å². The summed E-state index contributed by atoms with van der Waals surface area (Å²) in [6.45, 7) is 3.72. The van der Waals surface area contributed by atoms with Gasteiger partial charge in [-0.1, -0.05) is 30.3 Å². The first kappa shape index (κ1) is 21.9. The Morgan fingerprint density at radius 2 is 1.75 bits per heavy atom. The molecule has 1 atom stereocenters. The molecule has 1 saturated heterocycles. The summed E-state index contributed by atoms with van der Waals surface area (Å²) < 4.78 is 22.2. The van der Waals surface area contributed by atoms with Gasteiger partial charge in [-0.15, -0.1) is 0 Å². The molecule has 1 aliphatic rings. The summed E-state index contributed by atoms with van der Waals surface area (Å²) in [5.74, 6) is 2.18. The Hall–Kier alpha value is -3.29. The van der Waals surface area contributed by atoms with Gasteiger partial charge in [-0.05, 0) is 42.0 Å². The van der Waals surface area contributed by atoms with Gasteiger partial charge in [0.05, 0.1) is 26.4 Å². The second-order valence-corrected chi connectivity index (χ2v) is 7.52. The standard InChI is InChI=1S/C25H28N2O5/c1-29-20-9-7-19(8-10-20)23(27-13-15-30-16-14-27)17-26-25(28)24-12-11-22(32-24)18-31-21-5-3-2-4-6-21/h2-12,23H,13-18H2,1H3,(H,26,28)/t23-/m1/s1. The average Bonchev–Trinajstić information content (AvgIpc) is 3.34. The van der Waals surface area contributed by atoms with Gasteiger partial charge < -0.3 is 23.9 Å². The molecule has 0 unspecified atom stereocenters. The zero-order chi connectivity index (χ0) is 22.2. The van der Waals surface area contributed by atoms with Gasteiger partial charge in [-0.25, -0.2) is 0 Å². The van der Waals surface area contributed by atoms with E-state index in [0.717, 1.165) is 30.2 Å². The van der Waals surface area contributed by atoms with E-state index in [-0.39, 0.29) is 24.3 Å². The maximum absolute atomic E-state index is 12.7. The minimum atomic E-state index is -0.247. The van der Waals surface area contributed by atoms with Crippen LogP contribution in [0.1, 0.15) is 27.9 Å². The van der Waals surface area contributed by atoms with E-state index in [1.807, 2.05) is 54.6 Å². The van der Waals surface area contributed by atoms with Crippen LogP contribution < -0.4 is 14.8 Å². The van der Waals surface area contributed by atoms with Crippen LogP contribution in [0, 0.1) is 0 Å². The lowest BCUT2D eigenvalue weighted by Gasteiger charge is -2.34. The summed E-state index contributed by atoms with van der Waals surface area (Å²) in [4.78, 5) is 15.1. The van der Waals surface area contributed by atoms with E-state index in [9.17, 15) is 4.79 Å². The second-order valence-electron chi connectivity index (χ2n) is 7.52. The van der Waals surface area contributed by atoms with E-state index in [2.05, 4.69) is 10.2 Å². The predicted octanol–water partition coefficient (Wildman–Crippen LogP) is 3.67. The number of amides is 1. The maximum atomic E-state index is 12.7. The molecule has 1 fully saturated rings.